The van der Waals surface area contributed by atoms with Gasteiger partial charge in [-0.1, -0.05) is 29.3 Å². The largest absolute Gasteiger partial charge is 0.494 e. The van der Waals surface area contributed by atoms with Crippen molar-refractivity contribution >= 4 is 56.6 Å². The van der Waals surface area contributed by atoms with E-state index in [2.05, 4.69) is 34.7 Å². The molecule has 12 heteroatoms. The molecule has 52 heavy (non-hydrogen) atoms. The van der Waals surface area contributed by atoms with Crippen LogP contribution in [0, 0.1) is 27.7 Å². The monoisotopic (exact) mass is 735 g/mol. The van der Waals surface area contributed by atoms with Gasteiger partial charge < -0.3 is 23.2 Å². The van der Waals surface area contributed by atoms with Crippen LogP contribution in [-0.4, -0.2) is 48.2 Å². The zero-order valence-electron chi connectivity index (χ0n) is 30.2. The van der Waals surface area contributed by atoms with E-state index in [0.717, 1.165) is 83.0 Å². The summed E-state index contributed by atoms with van der Waals surface area (Å²) in [5.74, 6) is 1.18. The summed E-state index contributed by atoms with van der Waals surface area (Å²) in [6.45, 7) is 11.2. The van der Waals surface area contributed by atoms with Crippen LogP contribution in [0.2, 0.25) is 10.0 Å². The first-order valence-corrected chi connectivity index (χ1v) is 18.1. The maximum Gasteiger partial charge on any atom is 0.275 e. The fourth-order valence-corrected chi connectivity index (χ4v) is 8.30. The van der Waals surface area contributed by atoms with Gasteiger partial charge in [0.2, 0.25) is 12.3 Å². The Balaban J connectivity index is 1.25. The van der Waals surface area contributed by atoms with Crippen LogP contribution in [0.4, 0.5) is 5.69 Å². The first-order chi connectivity index (χ1) is 24.9. The van der Waals surface area contributed by atoms with Gasteiger partial charge in [-0.25, -0.2) is 0 Å². The fraction of sp³-hybridized carbons (Fsp3) is 0.300. The van der Waals surface area contributed by atoms with Crippen LogP contribution in [0.3, 0.4) is 0 Å². The maximum atomic E-state index is 15.1. The molecule has 7 aromatic rings. The SMILES string of the molecule is Cc1cc(OCCCc2c3n(c4c(-c5c(C)nn(C)c5C)c(Cl)ccc24)C(C)CN(c2cn(C)c4cc(-c5nnco5)ccc24)C3=O)cc(C)c1Cl. The third-order valence-corrected chi connectivity index (χ3v) is 11.3. The van der Waals surface area contributed by atoms with E-state index in [-0.39, 0.29) is 11.9 Å². The zero-order valence-corrected chi connectivity index (χ0v) is 31.7. The van der Waals surface area contributed by atoms with Crippen LogP contribution < -0.4 is 9.64 Å². The predicted octanol–water partition coefficient (Wildman–Crippen LogP) is 9.36. The van der Waals surface area contributed by atoms with E-state index < -0.39 is 0 Å². The zero-order chi connectivity index (χ0) is 36.6. The molecule has 0 radical (unpaired) electrons. The Morgan fingerprint density at radius 1 is 0.981 bits per heavy atom. The molecule has 1 amide bonds. The Labute approximate surface area is 311 Å². The van der Waals surface area contributed by atoms with Crippen molar-refractivity contribution in [2.75, 3.05) is 18.1 Å². The minimum absolute atomic E-state index is 0.0515. The lowest BCUT2D eigenvalue weighted by Crippen LogP contribution is -2.42. The van der Waals surface area contributed by atoms with Crippen LogP contribution in [0.15, 0.2) is 59.5 Å². The highest BCUT2D eigenvalue weighted by molar-refractivity contribution is 6.35. The van der Waals surface area contributed by atoms with Crippen molar-refractivity contribution in [2.45, 2.75) is 53.5 Å². The molecule has 0 saturated heterocycles. The van der Waals surface area contributed by atoms with Crippen molar-refractivity contribution in [3.63, 3.8) is 0 Å². The highest BCUT2D eigenvalue weighted by atomic mass is 35.5. The first-order valence-electron chi connectivity index (χ1n) is 17.4. The summed E-state index contributed by atoms with van der Waals surface area (Å²) in [5, 5.41) is 16.0. The minimum Gasteiger partial charge on any atom is -0.494 e. The highest BCUT2D eigenvalue weighted by Crippen LogP contribution is 2.46. The number of nitrogens with zero attached hydrogens (tertiary/aromatic N) is 7. The predicted molar refractivity (Wildman–Crippen MR) is 206 cm³/mol. The van der Waals surface area contributed by atoms with Crippen LogP contribution in [0.1, 0.15) is 58.0 Å². The number of carbonyl (C=O) groups excluding carboxylic acids is 1. The molecular formula is C40H39Cl2N7O3. The van der Waals surface area contributed by atoms with Crippen molar-refractivity contribution in [1.29, 1.82) is 0 Å². The Morgan fingerprint density at radius 3 is 2.42 bits per heavy atom. The molecule has 1 atom stereocenters. The van der Waals surface area contributed by atoms with E-state index in [1.807, 2.05) is 91.6 Å². The number of halogens is 2. The number of ether oxygens (including phenoxy) is 1. The van der Waals surface area contributed by atoms with Gasteiger partial charge in [0.1, 0.15) is 11.4 Å². The van der Waals surface area contributed by atoms with Crippen LogP contribution in [0.25, 0.3) is 44.4 Å². The molecule has 0 fully saturated rings. The Morgan fingerprint density at radius 2 is 1.73 bits per heavy atom. The van der Waals surface area contributed by atoms with Gasteiger partial charge in [-0.2, -0.15) is 5.10 Å². The molecule has 266 valence electrons. The van der Waals surface area contributed by atoms with E-state index in [1.54, 1.807) is 0 Å². The molecule has 1 aliphatic heterocycles. The van der Waals surface area contributed by atoms with E-state index >= 15 is 4.79 Å². The van der Waals surface area contributed by atoms with Crippen LogP contribution in [-0.2, 0) is 20.5 Å². The number of hydrogen-bond acceptors (Lipinski definition) is 6. The molecule has 10 nitrogen and oxygen atoms in total. The van der Waals surface area contributed by atoms with Crippen molar-refractivity contribution in [3.8, 4) is 28.3 Å². The Kier molecular flexibility index (Phi) is 8.42. The fourth-order valence-electron chi connectivity index (χ4n) is 7.95. The molecule has 0 saturated carbocycles. The summed E-state index contributed by atoms with van der Waals surface area (Å²) < 4.78 is 17.9. The number of hydrogen-bond donors (Lipinski definition) is 0. The van der Waals surface area contributed by atoms with E-state index in [0.29, 0.717) is 42.6 Å². The van der Waals surface area contributed by atoms with Crippen LogP contribution >= 0.6 is 23.2 Å². The third-order valence-electron chi connectivity index (χ3n) is 10.4. The van der Waals surface area contributed by atoms with E-state index in [4.69, 9.17) is 37.5 Å². The second kappa shape index (κ2) is 12.9. The number of amides is 1. The second-order valence-electron chi connectivity index (χ2n) is 13.9. The van der Waals surface area contributed by atoms with E-state index in [1.165, 1.54) is 6.39 Å². The van der Waals surface area contributed by atoms with Gasteiger partial charge in [-0.05, 0) is 101 Å². The lowest BCUT2D eigenvalue weighted by Gasteiger charge is -2.34. The lowest BCUT2D eigenvalue weighted by molar-refractivity contribution is 0.0957. The summed E-state index contributed by atoms with van der Waals surface area (Å²) >= 11 is 13.5. The third kappa shape index (κ3) is 5.38. The maximum absolute atomic E-state index is 15.1. The molecule has 5 heterocycles. The molecule has 1 unspecified atom stereocenters. The van der Waals surface area contributed by atoms with Gasteiger partial charge in [0.25, 0.3) is 5.91 Å². The smallest absolute Gasteiger partial charge is 0.275 e. The topological polar surface area (TPSA) is 96.1 Å². The molecule has 8 rings (SSSR count). The normalized spacial score (nSPS) is 14.6. The number of rotatable bonds is 8. The quantitative estimate of drug-likeness (QED) is 0.144. The molecule has 3 aromatic carbocycles. The standard InChI is InChI=1S/C40H39Cl2N7O3/c1-21-15-27(16-22(2)36(21)42)51-14-8-9-28-29-12-13-31(41)35(34-24(4)45-47(7)25(34)5)37(29)49-23(3)18-48(40(50)38(28)49)33-19-46(6)32-17-26(10-11-30(32)33)39-44-43-20-52-39/h10-13,15-17,19-20,23H,8-9,14,18H2,1-7H3. The van der Waals surface area contributed by atoms with Gasteiger partial charge in [-0.3, -0.25) is 9.48 Å². The van der Waals surface area contributed by atoms with Crippen molar-refractivity contribution in [2.24, 2.45) is 14.1 Å². The number of anilines is 1. The van der Waals surface area contributed by atoms with Crippen molar-refractivity contribution < 1.29 is 13.9 Å². The molecular weight excluding hydrogens is 697 g/mol. The molecule has 0 N–H and O–H groups in total. The van der Waals surface area contributed by atoms with Crippen LogP contribution in [0.5, 0.6) is 5.75 Å². The highest BCUT2D eigenvalue weighted by Gasteiger charge is 2.37. The summed E-state index contributed by atoms with van der Waals surface area (Å²) in [6, 6.07) is 13.9. The minimum atomic E-state index is -0.0670. The summed E-state index contributed by atoms with van der Waals surface area (Å²) in [6.07, 6.45) is 4.68. The average molecular weight is 737 g/mol. The summed E-state index contributed by atoms with van der Waals surface area (Å²) in [5.41, 5.74) is 11.0. The number of carbonyl (C=O) groups is 1. The molecule has 0 spiro atoms. The van der Waals surface area contributed by atoms with Gasteiger partial charge in [0.05, 0.1) is 34.0 Å². The Hall–Kier alpha value is -5.06. The van der Waals surface area contributed by atoms with Gasteiger partial charge in [-0.15, -0.1) is 10.2 Å². The summed E-state index contributed by atoms with van der Waals surface area (Å²) in [7, 11) is 3.93. The average Bonchev–Trinajstić information content (AvgIpc) is 3.89. The number of fused-ring (bicyclic) bond motifs is 4. The van der Waals surface area contributed by atoms with Gasteiger partial charge >= 0.3 is 0 Å². The van der Waals surface area contributed by atoms with E-state index in [9.17, 15) is 0 Å². The first kappa shape index (κ1) is 34.0. The van der Waals surface area contributed by atoms with Crippen molar-refractivity contribution in [1.82, 2.24) is 29.1 Å². The van der Waals surface area contributed by atoms with Crippen molar-refractivity contribution in [3.05, 3.63) is 98.9 Å². The molecule has 0 bridgehead atoms. The lowest BCUT2D eigenvalue weighted by atomic mass is 9.98. The molecule has 0 aliphatic carbocycles. The van der Waals surface area contributed by atoms with Gasteiger partial charge in [0.15, 0.2) is 0 Å². The summed E-state index contributed by atoms with van der Waals surface area (Å²) in [4.78, 5) is 17.0. The second-order valence-corrected chi connectivity index (χ2v) is 14.7. The number of aromatic nitrogens is 6. The number of benzene rings is 3. The number of aryl methyl sites for hydroxylation is 6. The Bertz CT molecular complexity index is 2520. The molecule has 1 aliphatic rings. The van der Waals surface area contributed by atoms with Gasteiger partial charge in [0, 0.05) is 71.1 Å². The molecule has 4 aromatic heterocycles.